The van der Waals surface area contributed by atoms with Crippen molar-refractivity contribution >= 4 is 53.4 Å². The minimum atomic E-state index is -2.78. The Morgan fingerprint density at radius 1 is 0.741 bits per heavy atom. The number of phenolic OH excluding ortho intramolecular Hbond substituents is 1. The third-order valence-corrected chi connectivity index (χ3v) is 4.80. The number of fused-ring (bicyclic) bond motifs is 2. The van der Waals surface area contributed by atoms with Crippen LogP contribution in [-0.2, 0) is 0 Å². The molecule has 0 radical (unpaired) electrons. The van der Waals surface area contributed by atoms with E-state index in [0.29, 0.717) is 5.75 Å². The Labute approximate surface area is 171 Å². The molecule has 0 bridgehead atoms. The molecule has 27 heavy (non-hydrogen) atoms. The maximum atomic E-state index is 12.0. The molecule has 4 aromatic carbocycles. The molecule has 0 aliphatic rings. The van der Waals surface area contributed by atoms with Crippen molar-refractivity contribution in [2.75, 3.05) is 0 Å². The highest BCUT2D eigenvalue weighted by atomic mass is 79.9. The van der Waals surface area contributed by atoms with Crippen LogP contribution in [0.1, 0.15) is 0 Å². The van der Waals surface area contributed by atoms with E-state index < -0.39 is 6.61 Å². The van der Waals surface area contributed by atoms with Gasteiger partial charge in [0.05, 0.1) is 0 Å². The summed E-state index contributed by atoms with van der Waals surface area (Å²) in [7, 11) is 0. The third-order valence-electron chi connectivity index (χ3n) is 3.82. The molecule has 0 fully saturated rings. The molecule has 0 saturated carbocycles. The molecule has 0 aliphatic heterocycles. The van der Waals surface area contributed by atoms with Crippen molar-refractivity contribution in [1.29, 1.82) is 0 Å². The maximum Gasteiger partial charge on any atom is 0.387 e. The summed E-state index contributed by atoms with van der Waals surface area (Å²) in [5.41, 5.74) is 0. The average molecular weight is 496 g/mol. The fourth-order valence-electron chi connectivity index (χ4n) is 2.61. The van der Waals surface area contributed by atoms with E-state index in [4.69, 9.17) is 0 Å². The van der Waals surface area contributed by atoms with E-state index in [1.54, 1.807) is 18.2 Å². The van der Waals surface area contributed by atoms with Gasteiger partial charge in [0, 0.05) is 14.3 Å². The Morgan fingerprint density at radius 3 is 2.11 bits per heavy atom. The van der Waals surface area contributed by atoms with Crippen molar-refractivity contribution in [2.45, 2.75) is 6.61 Å². The highest BCUT2D eigenvalue weighted by Gasteiger charge is 2.04. The zero-order valence-electron chi connectivity index (χ0n) is 13.9. The SMILES string of the molecule is FC(F)Oc1ccc2cc(Br)ccc2c1.Oc1cccc2cc(Br)ccc12. The van der Waals surface area contributed by atoms with Crippen molar-refractivity contribution in [3.8, 4) is 11.5 Å². The summed E-state index contributed by atoms with van der Waals surface area (Å²) < 4.78 is 30.2. The van der Waals surface area contributed by atoms with E-state index in [-0.39, 0.29) is 5.75 Å². The summed E-state index contributed by atoms with van der Waals surface area (Å²) in [6, 6.07) is 21.8. The summed E-state index contributed by atoms with van der Waals surface area (Å²) in [5, 5.41) is 13.2. The largest absolute Gasteiger partial charge is 0.507 e. The van der Waals surface area contributed by atoms with Gasteiger partial charge in [0.15, 0.2) is 0 Å². The normalized spacial score (nSPS) is 10.7. The summed E-state index contributed by atoms with van der Waals surface area (Å²) in [6.07, 6.45) is 0. The van der Waals surface area contributed by atoms with Gasteiger partial charge in [0.2, 0.25) is 0 Å². The number of hydrogen-bond acceptors (Lipinski definition) is 2. The second-order valence-electron chi connectivity index (χ2n) is 5.67. The monoisotopic (exact) mass is 494 g/mol. The van der Waals surface area contributed by atoms with Gasteiger partial charge in [-0.05, 0) is 64.7 Å². The zero-order chi connectivity index (χ0) is 19.4. The Balaban J connectivity index is 0.000000159. The first-order chi connectivity index (χ1) is 12.9. The van der Waals surface area contributed by atoms with Crippen molar-refractivity contribution in [3.63, 3.8) is 0 Å². The van der Waals surface area contributed by atoms with Crippen LogP contribution < -0.4 is 4.74 Å². The molecule has 4 rings (SSSR count). The third kappa shape index (κ3) is 5.17. The summed E-state index contributed by atoms with van der Waals surface area (Å²) in [5.74, 6) is 0.514. The fourth-order valence-corrected chi connectivity index (χ4v) is 3.37. The molecule has 0 aromatic heterocycles. The van der Waals surface area contributed by atoms with E-state index in [2.05, 4.69) is 36.6 Å². The highest BCUT2D eigenvalue weighted by molar-refractivity contribution is 9.10. The van der Waals surface area contributed by atoms with E-state index in [0.717, 1.165) is 30.5 Å². The Bertz CT molecular complexity index is 1080. The van der Waals surface area contributed by atoms with Crippen LogP contribution in [0.4, 0.5) is 8.78 Å². The van der Waals surface area contributed by atoms with Crippen LogP contribution in [0.15, 0.2) is 81.7 Å². The van der Waals surface area contributed by atoms with Crippen LogP contribution in [0.3, 0.4) is 0 Å². The molecule has 2 nitrogen and oxygen atoms in total. The topological polar surface area (TPSA) is 29.5 Å². The van der Waals surface area contributed by atoms with Crippen LogP contribution in [0.2, 0.25) is 0 Å². The van der Waals surface area contributed by atoms with E-state index in [1.807, 2.05) is 48.5 Å². The Hall–Kier alpha value is -2.18. The van der Waals surface area contributed by atoms with E-state index in [9.17, 15) is 13.9 Å². The van der Waals surface area contributed by atoms with Crippen LogP contribution in [0.25, 0.3) is 21.5 Å². The molecule has 1 N–H and O–H groups in total. The van der Waals surface area contributed by atoms with Gasteiger partial charge in [-0.25, -0.2) is 0 Å². The van der Waals surface area contributed by atoms with Gasteiger partial charge in [0.25, 0.3) is 0 Å². The van der Waals surface area contributed by atoms with Crippen molar-refractivity contribution in [3.05, 3.63) is 81.7 Å². The van der Waals surface area contributed by atoms with Crippen LogP contribution in [0.5, 0.6) is 11.5 Å². The van der Waals surface area contributed by atoms with Crippen LogP contribution >= 0.6 is 31.9 Å². The number of aromatic hydroxyl groups is 1. The maximum absolute atomic E-state index is 12.0. The van der Waals surface area contributed by atoms with E-state index >= 15 is 0 Å². The number of halogens is 4. The average Bonchev–Trinajstić information content (AvgIpc) is 2.62. The smallest absolute Gasteiger partial charge is 0.387 e. The van der Waals surface area contributed by atoms with E-state index in [1.165, 1.54) is 6.07 Å². The number of phenols is 1. The molecule has 138 valence electrons. The first-order valence-corrected chi connectivity index (χ1v) is 9.52. The Kier molecular flexibility index (Phi) is 6.29. The fraction of sp³-hybridized carbons (Fsp3) is 0.0476. The summed E-state index contributed by atoms with van der Waals surface area (Å²) in [6.45, 7) is -2.78. The lowest BCUT2D eigenvalue weighted by Crippen LogP contribution is -2.01. The Morgan fingerprint density at radius 2 is 1.37 bits per heavy atom. The molecule has 4 aromatic rings. The minimum absolute atomic E-state index is 0.180. The number of benzene rings is 4. The number of ether oxygens (including phenoxy) is 1. The molecule has 0 heterocycles. The van der Waals surface area contributed by atoms with Crippen molar-refractivity contribution < 1.29 is 18.6 Å². The molecule has 0 aliphatic carbocycles. The van der Waals surface area contributed by atoms with Crippen molar-refractivity contribution in [2.24, 2.45) is 0 Å². The standard InChI is InChI=1S/C11H7BrF2O.C10H7BrO/c12-9-3-1-8-6-10(15-11(13)14)4-2-7(8)5-9;11-8-4-5-9-7(6-8)2-1-3-10(9)12/h1-6,11H;1-6,12H. The summed E-state index contributed by atoms with van der Waals surface area (Å²) >= 11 is 6.72. The number of rotatable bonds is 2. The first-order valence-electron chi connectivity index (χ1n) is 7.94. The molecular formula is C21H14Br2F2O2. The van der Waals surface area contributed by atoms with Gasteiger partial charge in [-0.3, -0.25) is 0 Å². The highest BCUT2D eigenvalue weighted by Crippen LogP contribution is 2.27. The second-order valence-corrected chi connectivity index (χ2v) is 7.51. The number of alkyl halides is 2. The van der Waals surface area contributed by atoms with Gasteiger partial charge < -0.3 is 9.84 Å². The lowest BCUT2D eigenvalue weighted by molar-refractivity contribution is -0.0497. The van der Waals surface area contributed by atoms with Crippen molar-refractivity contribution in [1.82, 2.24) is 0 Å². The van der Waals surface area contributed by atoms with Crippen LogP contribution in [-0.4, -0.2) is 11.7 Å². The molecule has 0 saturated heterocycles. The molecule has 6 heteroatoms. The zero-order valence-corrected chi connectivity index (χ0v) is 17.0. The molecule has 0 spiro atoms. The van der Waals surface area contributed by atoms with Crippen LogP contribution in [0, 0.1) is 0 Å². The number of hydrogen-bond donors (Lipinski definition) is 1. The molecular weight excluding hydrogens is 482 g/mol. The molecule has 0 amide bonds. The minimum Gasteiger partial charge on any atom is -0.507 e. The molecule has 0 atom stereocenters. The lowest BCUT2D eigenvalue weighted by atomic mass is 10.1. The predicted molar refractivity (Wildman–Crippen MR) is 112 cm³/mol. The van der Waals surface area contributed by atoms with Gasteiger partial charge in [-0.1, -0.05) is 56.1 Å². The molecule has 0 unspecified atom stereocenters. The second kappa shape index (κ2) is 8.67. The first kappa shape index (κ1) is 19.6. The van der Waals surface area contributed by atoms with Gasteiger partial charge in [0.1, 0.15) is 11.5 Å². The lowest BCUT2D eigenvalue weighted by Gasteiger charge is -2.05. The van der Waals surface area contributed by atoms with Gasteiger partial charge in [-0.2, -0.15) is 8.78 Å². The quantitative estimate of drug-likeness (QED) is 0.311. The van der Waals surface area contributed by atoms with Gasteiger partial charge in [-0.15, -0.1) is 0 Å². The van der Waals surface area contributed by atoms with Gasteiger partial charge >= 0.3 is 6.61 Å². The predicted octanol–water partition coefficient (Wildman–Crippen LogP) is 7.51. The summed E-state index contributed by atoms with van der Waals surface area (Å²) in [4.78, 5) is 0.